The van der Waals surface area contributed by atoms with Gasteiger partial charge in [0.05, 0.1) is 15.1 Å². The molecule has 2 rings (SSSR count). The fraction of sp³-hybridized carbons (Fsp3) is 0.333. The smallest absolute Gasteiger partial charge is 0.148 e. The van der Waals surface area contributed by atoms with Crippen molar-refractivity contribution in [1.29, 1.82) is 0 Å². The molecule has 1 heterocycles. The monoisotopic (exact) mass is 363 g/mol. The lowest BCUT2D eigenvalue weighted by atomic mass is 10.1. The van der Waals surface area contributed by atoms with Gasteiger partial charge in [0.25, 0.3) is 0 Å². The first-order chi connectivity index (χ1) is 9.93. The second kappa shape index (κ2) is 7.21. The number of nitrogens with two attached hydrogens (primary N) is 1. The first kappa shape index (κ1) is 16.9. The molecule has 0 bridgehead atoms. The molecule has 0 aliphatic carbocycles. The fourth-order valence-electron chi connectivity index (χ4n) is 1.96. The van der Waals surface area contributed by atoms with Crippen LogP contribution in [0.25, 0.3) is 0 Å². The minimum absolute atomic E-state index is 0.132. The highest BCUT2D eigenvalue weighted by atomic mass is 35.5. The number of hydrogen-bond donors (Lipinski definition) is 1. The van der Waals surface area contributed by atoms with E-state index in [1.807, 2.05) is 19.2 Å². The summed E-state index contributed by atoms with van der Waals surface area (Å²) in [6, 6.07) is 5.13. The van der Waals surface area contributed by atoms with Gasteiger partial charge in [-0.25, -0.2) is 0 Å². The number of aryl methyl sites for hydroxylation is 1. The van der Waals surface area contributed by atoms with Crippen molar-refractivity contribution < 1.29 is 4.74 Å². The van der Waals surface area contributed by atoms with Crippen molar-refractivity contribution in [3.05, 3.63) is 49.1 Å². The lowest BCUT2D eigenvalue weighted by Crippen LogP contribution is -2.31. The van der Waals surface area contributed by atoms with Gasteiger partial charge in [0.2, 0.25) is 0 Å². The summed E-state index contributed by atoms with van der Waals surface area (Å²) in [5.41, 5.74) is 7.38. The standard InChI is InChI=1S/C15H16Cl3NOS/c1-3-12(19)14(15-8(2)4-5-21-15)20-13-7-10(17)9(16)6-11(13)18/h4-7,12,14H,3,19H2,1-2H3. The molecular formula is C15H16Cl3NOS. The number of rotatable bonds is 5. The van der Waals surface area contributed by atoms with Gasteiger partial charge in [0, 0.05) is 17.0 Å². The zero-order valence-electron chi connectivity index (χ0n) is 11.7. The molecule has 2 N–H and O–H groups in total. The van der Waals surface area contributed by atoms with Crippen LogP contribution in [0, 0.1) is 6.92 Å². The molecule has 0 spiro atoms. The molecule has 2 atom stereocenters. The normalized spacial score (nSPS) is 14.0. The third-order valence-corrected chi connectivity index (χ3v) is 5.35. The Morgan fingerprint density at radius 2 is 1.86 bits per heavy atom. The van der Waals surface area contributed by atoms with Crippen LogP contribution in [0.5, 0.6) is 5.75 Å². The van der Waals surface area contributed by atoms with Crippen molar-refractivity contribution in [2.24, 2.45) is 5.73 Å². The van der Waals surface area contributed by atoms with E-state index in [2.05, 4.69) is 6.07 Å². The predicted molar refractivity (Wildman–Crippen MR) is 92.2 cm³/mol. The maximum Gasteiger partial charge on any atom is 0.148 e. The Kier molecular flexibility index (Phi) is 5.81. The van der Waals surface area contributed by atoms with Crippen LogP contribution in [0.1, 0.15) is 29.9 Å². The van der Waals surface area contributed by atoms with Crippen molar-refractivity contribution in [2.75, 3.05) is 0 Å². The number of ether oxygens (including phenoxy) is 1. The van der Waals surface area contributed by atoms with Crippen LogP contribution in [-0.2, 0) is 0 Å². The van der Waals surface area contributed by atoms with Crippen LogP contribution in [0.15, 0.2) is 23.6 Å². The summed E-state index contributed by atoms with van der Waals surface area (Å²) in [7, 11) is 0. The molecule has 2 nitrogen and oxygen atoms in total. The average molecular weight is 365 g/mol. The topological polar surface area (TPSA) is 35.2 Å². The third-order valence-electron chi connectivity index (χ3n) is 3.25. The third kappa shape index (κ3) is 3.85. The molecule has 6 heteroatoms. The van der Waals surface area contributed by atoms with Crippen LogP contribution < -0.4 is 10.5 Å². The zero-order chi connectivity index (χ0) is 15.6. The maximum absolute atomic E-state index is 6.22. The van der Waals surface area contributed by atoms with Crippen molar-refractivity contribution in [1.82, 2.24) is 0 Å². The first-order valence-electron chi connectivity index (χ1n) is 6.54. The first-order valence-corrected chi connectivity index (χ1v) is 8.56. The van der Waals surface area contributed by atoms with E-state index in [9.17, 15) is 0 Å². The highest BCUT2D eigenvalue weighted by Gasteiger charge is 2.24. The van der Waals surface area contributed by atoms with Gasteiger partial charge < -0.3 is 10.5 Å². The van der Waals surface area contributed by atoms with Crippen LogP contribution in [0.4, 0.5) is 0 Å². The highest BCUT2D eigenvalue weighted by Crippen LogP contribution is 2.38. The van der Waals surface area contributed by atoms with Crippen molar-refractivity contribution in [3.63, 3.8) is 0 Å². The second-order valence-electron chi connectivity index (χ2n) is 4.78. The minimum atomic E-state index is -0.259. The number of benzene rings is 1. The van der Waals surface area contributed by atoms with Gasteiger partial charge in [-0.1, -0.05) is 41.7 Å². The summed E-state index contributed by atoms with van der Waals surface area (Å²) in [6.07, 6.45) is 0.533. The quantitative estimate of drug-likeness (QED) is 0.673. The molecule has 0 aliphatic rings. The average Bonchev–Trinajstić information content (AvgIpc) is 2.86. The van der Waals surface area contributed by atoms with E-state index >= 15 is 0 Å². The van der Waals surface area contributed by atoms with E-state index in [1.54, 1.807) is 23.5 Å². The highest BCUT2D eigenvalue weighted by molar-refractivity contribution is 7.10. The van der Waals surface area contributed by atoms with E-state index in [0.29, 0.717) is 20.8 Å². The summed E-state index contributed by atoms with van der Waals surface area (Å²) in [4.78, 5) is 1.10. The van der Waals surface area contributed by atoms with Gasteiger partial charge in [0.1, 0.15) is 11.9 Å². The summed E-state index contributed by atoms with van der Waals surface area (Å²) in [5.74, 6) is 0.493. The molecule has 0 radical (unpaired) electrons. The maximum atomic E-state index is 6.22. The molecule has 1 aromatic carbocycles. The Balaban J connectivity index is 2.36. The van der Waals surface area contributed by atoms with Gasteiger partial charge >= 0.3 is 0 Å². The van der Waals surface area contributed by atoms with E-state index in [1.165, 1.54) is 0 Å². The van der Waals surface area contributed by atoms with Gasteiger partial charge in [0.15, 0.2) is 0 Å². The molecule has 0 amide bonds. The van der Waals surface area contributed by atoms with Crippen molar-refractivity contribution >= 4 is 46.1 Å². The lowest BCUT2D eigenvalue weighted by molar-refractivity contribution is 0.174. The SMILES string of the molecule is CCC(N)C(Oc1cc(Cl)c(Cl)cc1Cl)c1sccc1C. The largest absolute Gasteiger partial charge is 0.482 e. The molecule has 0 saturated carbocycles. The van der Waals surface area contributed by atoms with E-state index < -0.39 is 0 Å². The second-order valence-corrected chi connectivity index (χ2v) is 6.94. The predicted octanol–water partition coefficient (Wildman–Crippen LogP) is 5.87. The van der Waals surface area contributed by atoms with Crippen LogP contribution in [0.3, 0.4) is 0 Å². The van der Waals surface area contributed by atoms with Gasteiger partial charge in [-0.2, -0.15) is 0 Å². The van der Waals surface area contributed by atoms with Crippen LogP contribution >= 0.6 is 46.1 Å². The van der Waals surface area contributed by atoms with Crippen LogP contribution in [-0.4, -0.2) is 6.04 Å². The number of halogens is 3. The Bertz CT molecular complexity index is 629. The molecule has 0 fully saturated rings. The van der Waals surface area contributed by atoms with Gasteiger partial charge in [-0.15, -0.1) is 11.3 Å². The Hall–Kier alpha value is -0.450. The summed E-state index contributed by atoms with van der Waals surface area (Å²) >= 11 is 19.8. The molecule has 0 aliphatic heterocycles. The molecular weight excluding hydrogens is 349 g/mol. The number of hydrogen-bond acceptors (Lipinski definition) is 3. The van der Waals surface area contributed by atoms with Crippen molar-refractivity contribution in [3.8, 4) is 5.75 Å². The van der Waals surface area contributed by atoms with E-state index in [-0.39, 0.29) is 12.1 Å². The van der Waals surface area contributed by atoms with E-state index in [4.69, 9.17) is 45.3 Å². The molecule has 0 saturated heterocycles. The van der Waals surface area contributed by atoms with Gasteiger partial charge in [-0.3, -0.25) is 0 Å². The van der Waals surface area contributed by atoms with E-state index in [0.717, 1.165) is 16.9 Å². The summed E-state index contributed by atoms with van der Waals surface area (Å²) < 4.78 is 6.07. The molecule has 2 unspecified atom stereocenters. The molecule has 114 valence electrons. The minimum Gasteiger partial charge on any atom is -0.482 e. The van der Waals surface area contributed by atoms with Crippen LogP contribution in [0.2, 0.25) is 15.1 Å². The number of thiophene rings is 1. The zero-order valence-corrected chi connectivity index (χ0v) is 14.8. The fourth-order valence-corrected chi connectivity index (χ4v) is 3.57. The Morgan fingerprint density at radius 1 is 1.19 bits per heavy atom. The summed E-state index contributed by atoms with van der Waals surface area (Å²) in [6.45, 7) is 4.07. The van der Waals surface area contributed by atoms with Crippen molar-refractivity contribution in [2.45, 2.75) is 32.4 Å². The summed E-state index contributed by atoms with van der Waals surface area (Å²) in [5, 5.41) is 3.26. The molecule has 21 heavy (non-hydrogen) atoms. The molecule has 2 aromatic rings. The lowest BCUT2D eigenvalue weighted by Gasteiger charge is -2.25. The Morgan fingerprint density at radius 3 is 2.43 bits per heavy atom. The Labute approximate surface area is 143 Å². The van der Waals surface area contributed by atoms with Gasteiger partial charge in [-0.05, 0) is 36.4 Å². The molecule has 1 aromatic heterocycles.